The van der Waals surface area contributed by atoms with Gasteiger partial charge in [-0.25, -0.2) is 4.39 Å². The third-order valence-electron chi connectivity index (χ3n) is 1.98. The standard InChI is InChI=1S/C10H9F6NO/c1-17-6-2-4-7(5-3-6)18-10(15,16)8(11)9(12,13)14/h2-5,8,17H,1H3. The predicted molar refractivity (Wildman–Crippen MR) is 52.5 cm³/mol. The highest BCUT2D eigenvalue weighted by molar-refractivity contribution is 5.45. The molecular weight excluding hydrogens is 264 g/mol. The van der Waals surface area contributed by atoms with Crippen molar-refractivity contribution >= 4 is 5.69 Å². The van der Waals surface area contributed by atoms with Gasteiger partial charge in [0, 0.05) is 12.7 Å². The Morgan fingerprint density at radius 3 is 1.94 bits per heavy atom. The Bertz CT molecular complexity index is 388. The summed E-state index contributed by atoms with van der Waals surface area (Å²) in [7, 11) is 1.56. The van der Waals surface area contributed by atoms with Crippen LogP contribution >= 0.6 is 0 Å². The summed E-state index contributed by atoms with van der Waals surface area (Å²) in [6.07, 6.45) is -15.0. The molecule has 0 saturated heterocycles. The number of benzene rings is 1. The second-order valence-corrected chi connectivity index (χ2v) is 3.34. The largest absolute Gasteiger partial charge is 0.439 e. The first-order valence-corrected chi connectivity index (χ1v) is 4.72. The van der Waals surface area contributed by atoms with E-state index in [0.717, 1.165) is 12.1 Å². The summed E-state index contributed by atoms with van der Waals surface area (Å²) < 4.78 is 77.4. The summed E-state index contributed by atoms with van der Waals surface area (Å²) in [5.41, 5.74) is 0.540. The minimum atomic E-state index is -5.69. The number of hydrogen-bond donors (Lipinski definition) is 1. The molecule has 0 amide bonds. The number of alkyl halides is 6. The lowest BCUT2D eigenvalue weighted by Gasteiger charge is -2.23. The molecule has 0 spiro atoms. The molecule has 8 heteroatoms. The number of rotatable bonds is 4. The zero-order valence-electron chi connectivity index (χ0n) is 9.06. The fraction of sp³-hybridized carbons (Fsp3) is 0.400. The van der Waals surface area contributed by atoms with E-state index < -0.39 is 24.2 Å². The molecule has 0 heterocycles. The number of halogens is 6. The van der Waals surface area contributed by atoms with Crippen LogP contribution in [0.25, 0.3) is 0 Å². The zero-order chi connectivity index (χ0) is 14.0. The average molecular weight is 273 g/mol. The van der Waals surface area contributed by atoms with Crippen molar-refractivity contribution in [3.05, 3.63) is 24.3 Å². The second-order valence-electron chi connectivity index (χ2n) is 3.34. The van der Waals surface area contributed by atoms with Gasteiger partial charge in [0.25, 0.3) is 6.17 Å². The van der Waals surface area contributed by atoms with Crippen LogP contribution in [-0.4, -0.2) is 25.5 Å². The Morgan fingerprint density at radius 2 is 1.56 bits per heavy atom. The topological polar surface area (TPSA) is 21.3 Å². The fourth-order valence-electron chi connectivity index (χ4n) is 1.09. The van der Waals surface area contributed by atoms with Gasteiger partial charge in [-0.2, -0.15) is 22.0 Å². The van der Waals surface area contributed by atoms with Crippen molar-refractivity contribution in [2.24, 2.45) is 0 Å². The lowest BCUT2D eigenvalue weighted by atomic mass is 10.3. The summed E-state index contributed by atoms with van der Waals surface area (Å²) in [4.78, 5) is 0. The van der Waals surface area contributed by atoms with Crippen LogP contribution in [-0.2, 0) is 0 Å². The summed E-state index contributed by atoms with van der Waals surface area (Å²) >= 11 is 0. The molecule has 0 aromatic heterocycles. The molecule has 102 valence electrons. The monoisotopic (exact) mass is 273 g/mol. The van der Waals surface area contributed by atoms with Crippen molar-refractivity contribution in [1.82, 2.24) is 0 Å². The molecule has 0 fully saturated rings. The maximum Gasteiger partial charge on any atom is 0.439 e. The SMILES string of the molecule is CNc1ccc(OC(F)(F)C(F)C(F)(F)F)cc1. The van der Waals surface area contributed by atoms with Crippen LogP contribution in [0, 0.1) is 0 Å². The molecule has 2 nitrogen and oxygen atoms in total. The maximum absolute atomic E-state index is 12.8. The second kappa shape index (κ2) is 4.95. The predicted octanol–water partition coefficient (Wildman–Crippen LogP) is 3.60. The first-order valence-electron chi connectivity index (χ1n) is 4.72. The third kappa shape index (κ3) is 3.44. The number of anilines is 1. The first-order chi connectivity index (χ1) is 8.16. The Hall–Kier alpha value is -1.60. The van der Waals surface area contributed by atoms with E-state index in [1.165, 1.54) is 12.1 Å². The van der Waals surface area contributed by atoms with Gasteiger partial charge in [0.1, 0.15) is 5.75 Å². The van der Waals surface area contributed by atoms with Gasteiger partial charge < -0.3 is 10.1 Å². The maximum atomic E-state index is 12.8. The van der Waals surface area contributed by atoms with Crippen LogP contribution < -0.4 is 10.1 Å². The molecule has 1 aromatic carbocycles. The zero-order valence-corrected chi connectivity index (χ0v) is 9.06. The van der Waals surface area contributed by atoms with E-state index in [-0.39, 0.29) is 0 Å². The van der Waals surface area contributed by atoms with Crippen LogP contribution in [0.1, 0.15) is 0 Å². The highest BCUT2D eigenvalue weighted by atomic mass is 19.4. The van der Waals surface area contributed by atoms with Crippen molar-refractivity contribution in [2.75, 3.05) is 12.4 Å². The summed E-state index contributed by atoms with van der Waals surface area (Å²) in [6, 6.07) is 4.60. The van der Waals surface area contributed by atoms with Gasteiger partial charge in [0.2, 0.25) is 0 Å². The molecule has 0 aliphatic rings. The Morgan fingerprint density at radius 1 is 1.06 bits per heavy atom. The van der Waals surface area contributed by atoms with E-state index in [2.05, 4.69) is 10.1 Å². The van der Waals surface area contributed by atoms with E-state index in [1.807, 2.05) is 0 Å². The number of ether oxygens (including phenoxy) is 1. The molecule has 1 N–H and O–H groups in total. The molecule has 1 atom stereocenters. The van der Waals surface area contributed by atoms with E-state index in [0.29, 0.717) is 5.69 Å². The van der Waals surface area contributed by atoms with Crippen LogP contribution in [0.4, 0.5) is 32.0 Å². The number of hydrogen-bond acceptors (Lipinski definition) is 2. The summed E-state index contributed by atoms with van der Waals surface area (Å²) in [5, 5.41) is 2.67. The molecule has 1 rings (SSSR count). The van der Waals surface area contributed by atoms with E-state index in [9.17, 15) is 26.3 Å². The average Bonchev–Trinajstić information content (AvgIpc) is 2.27. The van der Waals surface area contributed by atoms with Crippen molar-refractivity contribution in [1.29, 1.82) is 0 Å². The van der Waals surface area contributed by atoms with E-state index in [4.69, 9.17) is 0 Å². The van der Waals surface area contributed by atoms with E-state index >= 15 is 0 Å². The lowest BCUT2D eigenvalue weighted by Crippen LogP contribution is -2.45. The minimum absolute atomic E-state index is 0.540. The highest BCUT2D eigenvalue weighted by Gasteiger charge is 2.59. The quantitative estimate of drug-likeness (QED) is 0.846. The lowest BCUT2D eigenvalue weighted by molar-refractivity contribution is -0.304. The van der Waals surface area contributed by atoms with Gasteiger partial charge in [0.05, 0.1) is 0 Å². The van der Waals surface area contributed by atoms with Gasteiger partial charge in [-0.15, -0.1) is 0 Å². The molecule has 18 heavy (non-hydrogen) atoms. The van der Waals surface area contributed by atoms with Crippen molar-refractivity contribution < 1.29 is 31.1 Å². The molecule has 0 radical (unpaired) electrons. The van der Waals surface area contributed by atoms with Crippen LogP contribution in [0.15, 0.2) is 24.3 Å². The van der Waals surface area contributed by atoms with Crippen molar-refractivity contribution in [2.45, 2.75) is 18.5 Å². The molecule has 1 unspecified atom stereocenters. The first kappa shape index (κ1) is 14.5. The van der Waals surface area contributed by atoms with Crippen LogP contribution in [0.3, 0.4) is 0 Å². The van der Waals surface area contributed by atoms with Crippen molar-refractivity contribution in [3.8, 4) is 5.75 Å². The summed E-state index contributed by atoms with van der Waals surface area (Å²) in [6.45, 7) is 0. The summed E-state index contributed by atoms with van der Waals surface area (Å²) in [5.74, 6) is -0.564. The molecule has 0 aliphatic heterocycles. The van der Waals surface area contributed by atoms with Crippen LogP contribution in [0.5, 0.6) is 5.75 Å². The van der Waals surface area contributed by atoms with Gasteiger partial charge in [-0.1, -0.05) is 0 Å². The third-order valence-corrected chi connectivity index (χ3v) is 1.98. The van der Waals surface area contributed by atoms with Crippen LogP contribution in [0.2, 0.25) is 0 Å². The normalized spacial score (nSPS) is 14.2. The Kier molecular flexibility index (Phi) is 3.98. The fourth-order valence-corrected chi connectivity index (χ4v) is 1.09. The smallest absolute Gasteiger partial charge is 0.430 e. The Balaban J connectivity index is 2.81. The molecule has 1 aromatic rings. The number of nitrogens with one attached hydrogen (secondary N) is 1. The molecular formula is C10H9F6NO. The van der Waals surface area contributed by atoms with Gasteiger partial charge in [0.15, 0.2) is 0 Å². The molecule has 0 aliphatic carbocycles. The van der Waals surface area contributed by atoms with E-state index in [1.54, 1.807) is 7.05 Å². The van der Waals surface area contributed by atoms with Gasteiger partial charge in [-0.05, 0) is 24.3 Å². The van der Waals surface area contributed by atoms with Gasteiger partial charge in [-0.3, -0.25) is 0 Å². The molecule has 0 saturated carbocycles. The molecule has 0 bridgehead atoms. The highest BCUT2D eigenvalue weighted by Crippen LogP contribution is 2.36. The minimum Gasteiger partial charge on any atom is -0.430 e. The van der Waals surface area contributed by atoms with Crippen molar-refractivity contribution in [3.63, 3.8) is 0 Å². The Labute approximate surface area is 98.5 Å². The van der Waals surface area contributed by atoms with Gasteiger partial charge >= 0.3 is 12.3 Å².